The standard InChI is InChI=1S/C20H22N2O3/c1-3-22(4-2)17-9-7-16(8-10-17)21-20(23)12-6-15-5-11-18-19(13-15)25-14-24-18/h5-13H,3-4,14H2,1-2H3,(H,21,23)/b12-6-. The number of nitrogens with one attached hydrogen (secondary N) is 1. The Morgan fingerprint density at radius 3 is 2.52 bits per heavy atom. The van der Waals surface area contributed by atoms with Crippen LogP contribution < -0.4 is 19.7 Å². The molecule has 0 atom stereocenters. The lowest BCUT2D eigenvalue weighted by molar-refractivity contribution is -0.111. The van der Waals surface area contributed by atoms with Gasteiger partial charge < -0.3 is 19.7 Å². The highest BCUT2D eigenvalue weighted by Gasteiger charge is 2.12. The van der Waals surface area contributed by atoms with Gasteiger partial charge in [0.2, 0.25) is 12.7 Å². The average Bonchev–Trinajstić information content (AvgIpc) is 3.10. The van der Waals surface area contributed by atoms with Gasteiger partial charge in [-0.15, -0.1) is 0 Å². The van der Waals surface area contributed by atoms with Gasteiger partial charge in [0.15, 0.2) is 11.5 Å². The molecule has 0 radical (unpaired) electrons. The maximum Gasteiger partial charge on any atom is 0.248 e. The van der Waals surface area contributed by atoms with Crippen molar-refractivity contribution in [2.75, 3.05) is 30.1 Å². The topological polar surface area (TPSA) is 50.8 Å². The van der Waals surface area contributed by atoms with E-state index in [0.717, 1.165) is 35.8 Å². The first-order chi connectivity index (χ1) is 12.2. The van der Waals surface area contributed by atoms with E-state index in [1.807, 2.05) is 42.5 Å². The molecular formula is C20H22N2O3. The number of amides is 1. The molecule has 1 amide bonds. The summed E-state index contributed by atoms with van der Waals surface area (Å²) in [6.07, 6.45) is 3.26. The number of anilines is 2. The predicted octanol–water partition coefficient (Wildman–Crippen LogP) is 3.91. The van der Waals surface area contributed by atoms with Crippen LogP contribution in [-0.4, -0.2) is 25.8 Å². The minimum atomic E-state index is -0.173. The first kappa shape index (κ1) is 16.9. The number of carbonyl (C=O) groups is 1. The molecule has 1 aliphatic rings. The number of hydrogen-bond acceptors (Lipinski definition) is 4. The van der Waals surface area contributed by atoms with Crippen LogP contribution in [0.5, 0.6) is 11.5 Å². The van der Waals surface area contributed by atoms with Crippen LogP contribution in [0.1, 0.15) is 19.4 Å². The molecule has 0 spiro atoms. The van der Waals surface area contributed by atoms with Gasteiger partial charge in [-0.25, -0.2) is 0 Å². The summed E-state index contributed by atoms with van der Waals surface area (Å²) >= 11 is 0. The van der Waals surface area contributed by atoms with E-state index >= 15 is 0 Å². The van der Waals surface area contributed by atoms with E-state index in [2.05, 4.69) is 24.1 Å². The Kier molecular flexibility index (Phi) is 5.23. The maximum absolute atomic E-state index is 12.1. The molecule has 0 saturated carbocycles. The zero-order valence-electron chi connectivity index (χ0n) is 14.5. The fraction of sp³-hybridized carbons (Fsp3) is 0.250. The number of nitrogens with zero attached hydrogens (tertiary/aromatic N) is 1. The summed E-state index contributed by atoms with van der Waals surface area (Å²) in [6.45, 7) is 6.41. The number of benzene rings is 2. The molecule has 0 bridgehead atoms. The molecule has 0 unspecified atom stereocenters. The van der Waals surface area contributed by atoms with E-state index in [-0.39, 0.29) is 12.7 Å². The van der Waals surface area contributed by atoms with E-state index in [4.69, 9.17) is 9.47 Å². The molecule has 0 saturated heterocycles. The van der Waals surface area contributed by atoms with Crippen LogP contribution in [0.3, 0.4) is 0 Å². The van der Waals surface area contributed by atoms with Crippen molar-refractivity contribution in [3.8, 4) is 11.5 Å². The smallest absolute Gasteiger partial charge is 0.248 e. The molecule has 0 fully saturated rings. The Hall–Kier alpha value is -2.95. The van der Waals surface area contributed by atoms with Crippen molar-refractivity contribution < 1.29 is 14.3 Å². The monoisotopic (exact) mass is 338 g/mol. The molecule has 1 aliphatic heterocycles. The third-order valence-electron chi connectivity index (χ3n) is 4.09. The van der Waals surface area contributed by atoms with Crippen LogP contribution in [-0.2, 0) is 4.79 Å². The summed E-state index contributed by atoms with van der Waals surface area (Å²) < 4.78 is 10.6. The van der Waals surface area contributed by atoms with Gasteiger partial charge in [-0.2, -0.15) is 0 Å². The van der Waals surface area contributed by atoms with Crippen LogP contribution >= 0.6 is 0 Å². The van der Waals surface area contributed by atoms with E-state index in [0.29, 0.717) is 5.75 Å². The lowest BCUT2D eigenvalue weighted by Crippen LogP contribution is -2.21. The molecule has 130 valence electrons. The molecule has 1 N–H and O–H groups in total. The minimum Gasteiger partial charge on any atom is -0.454 e. The van der Waals surface area contributed by atoms with Crippen LogP contribution in [0.4, 0.5) is 11.4 Å². The van der Waals surface area contributed by atoms with Gasteiger partial charge in [0.1, 0.15) is 0 Å². The van der Waals surface area contributed by atoms with Gasteiger partial charge in [-0.3, -0.25) is 4.79 Å². The van der Waals surface area contributed by atoms with Crippen molar-refractivity contribution in [3.05, 3.63) is 54.1 Å². The predicted molar refractivity (Wildman–Crippen MR) is 100 cm³/mol. The van der Waals surface area contributed by atoms with Gasteiger partial charge in [-0.05, 0) is 61.9 Å². The lowest BCUT2D eigenvalue weighted by Gasteiger charge is -2.21. The fourth-order valence-corrected chi connectivity index (χ4v) is 2.72. The van der Waals surface area contributed by atoms with Crippen LogP contribution in [0.15, 0.2) is 48.5 Å². The molecule has 0 aromatic heterocycles. The Bertz CT molecular complexity index is 765. The molecule has 2 aromatic rings. The van der Waals surface area contributed by atoms with E-state index < -0.39 is 0 Å². The molecule has 25 heavy (non-hydrogen) atoms. The third-order valence-corrected chi connectivity index (χ3v) is 4.09. The lowest BCUT2D eigenvalue weighted by atomic mass is 10.2. The number of carbonyl (C=O) groups excluding carboxylic acids is 1. The highest BCUT2D eigenvalue weighted by Crippen LogP contribution is 2.32. The van der Waals surface area contributed by atoms with Crippen molar-refractivity contribution >= 4 is 23.4 Å². The van der Waals surface area contributed by atoms with Gasteiger partial charge in [-0.1, -0.05) is 6.07 Å². The van der Waals surface area contributed by atoms with Crippen molar-refractivity contribution in [1.82, 2.24) is 0 Å². The summed E-state index contributed by atoms with van der Waals surface area (Å²) in [5.41, 5.74) is 2.81. The second-order valence-corrected chi connectivity index (χ2v) is 5.65. The SMILES string of the molecule is CCN(CC)c1ccc(NC(=O)/C=C\c2ccc3c(c2)OCO3)cc1. The van der Waals surface area contributed by atoms with E-state index in [9.17, 15) is 4.79 Å². The Labute approximate surface area is 147 Å². The first-order valence-electron chi connectivity index (χ1n) is 8.43. The Morgan fingerprint density at radius 1 is 1.08 bits per heavy atom. The molecule has 5 heteroatoms. The highest BCUT2D eigenvalue weighted by molar-refractivity contribution is 6.02. The van der Waals surface area contributed by atoms with E-state index in [1.165, 1.54) is 6.08 Å². The summed E-state index contributed by atoms with van der Waals surface area (Å²) in [6, 6.07) is 13.4. The maximum atomic E-state index is 12.1. The number of ether oxygens (including phenoxy) is 2. The minimum absolute atomic E-state index is 0.173. The summed E-state index contributed by atoms with van der Waals surface area (Å²) in [7, 11) is 0. The first-order valence-corrected chi connectivity index (χ1v) is 8.43. The Balaban J connectivity index is 1.60. The normalized spacial score (nSPS) is 12.4. The summed E-state index contributed by atoms with van der Waals surface area (Å²) in [4.78, 5) is 14.3. The second-order valence-electron chi connectivity index (χ2n) is 5.65. The highest BCUT2D eigenvalue weighted by atomic mass is 16.7. The largest absolute Gasteiger partial charge is 0.454 e. The van der Waals surface area contributed by atoms with Crippen LogP contribution in [0.2, 0.25) is 0 Å². The molecule has 5 nitrogen and oxygen atoms in total. The van der Waals surface area contributed by atoms with Gasteiger partial charge in [0.05, 0.1) is 0 Å². The average molecular weight is 338 g/mol. The van der Waals surface area contributed by atoms with Crippen LogP contribution in [0.25, 0.3) is 6.08 Å². The molecular weight excluding hydrogens is 316 g/mol. The molecule has 1 heterocycles. The second kappa shape index (κ2) is 7.75. The van der Waals surface area contributed by atoms with Crippen molar-refractivity contribution in [2.45, 2.75) is 13.8 Å². The van der Waals surface area contributed by atoms with E-state index in [1.54, 1.807) is 6.08 Å². The third kappa shape index (κ3) is 4.12. The fourth-order valence-electron chi connectivity index (χ4n) is 2.72. The van der Waals surface area contributed by atoms with Crippen LogP contribution in [0, 0.1) is 0 Å². The number of rotatable bonds is 6. The van der Waals surface area contributed by atoms with Crippen molar-refractivity contribution in [1.29, 1.82) is 0 Å². The summed E-state index contributed by atoms with van der Waals surface area (Å²) in [5, 5.41) is 2.87. The summed E-state index contributed by atoms with van der Waals surface area (Å²) in [5.74, 6) is 1.26. The zero-order chi connectivity index (χ0) is 17.6. The quantitative estimate of drug-likeness (QED) is 0.811. The molecule has 2 aromatic carbocycles. The Morgan fingerprint density at radius 2 is 1.80 bits per heavy atom. The number of hydrogen-bond donors (Lipinski definition) is 1. The van der Waals surface area contributed by atoms with Gasteiger partial charge in [0.25, 0.3) is 0 Å². The molecule has 3 rings (SSSR count). The molecule has 0 aliphatic carbocycles. The van der Waals surface area contributed by atoms with Gasteiger partial charge in [0, 0.05) is 30.5 Å². The van der Waals surface area contributed by atoms with Crippen molar-refractivity contribution in [2.24, 2.45) is 0 Å². The van der Waals surface area contributed by atoms with Gasteiger partial charge >= 0.3 is 0 Å². The van der Waals surface area contributed by atoms with Crippen molar-refractivity contribution in [3.63, 3.8) is 0 Å². The zero-order valence-corrected chi connectivity index (χ0v) is 14.5. The number of fused-ring (bicyclic) bond motifs is 1.